The number of aliphatic carboxylic acids is 1. The van der Waals surface area contributed by atoms with Crippen LogP contribution in [0.3, 0.4) is 0 Å². The molecule has 0 radical (unpaired) electrons. The molecule has 0 fully saturated rings. The Morgan fingerprint density at radius 2 is 2.05 bits per heavy atom. The predicted molar refractivity (Wildman–Crippen MR) is 74.4 cm³/mol. The average Bonchev–Trinajstić information content (AvgIpc) is 2.36. The van der Waals surface area contributed by atoms with Crippen LogP contribution in [-0.2, 0) is 9.59 Å². The second-order valence-electron chi connectivity index (χ2n) is 4.21. The van der Waals surface area contributed by atoms with Gasteiger partial charge >= 0.3 is 5.97 Å². The predicted octanol–water partition coefficient (Wildman–Crippen LogP) is 1.65. The third-order valence-corrected chi connectivity index (χ3v) is 2.58. The largest absolute Gasteiger partial charge is 0.481 e. The maximum atomic E-state index is 11.7. The molecular weight excluding hydrogens is 244 g/mol. The Bertz CT molecular complexity index is 495. The van der Waals surface area contributed by atoms with Gasteiger partial charge in [0.05, 0.1) is 0 Å². The van der Waals surface area contributed by atoms with E-state index in [1.54, 1.807) is 19.1 Å². The van der Waals surface area contributed by atoms with E-state index in [1.165, 1.54) is 0 Å². The monoisotopic (exact) mass is 262 g/mol. The minimum Gasteiger partial charge on any atom is -0.481 e. The number of anilines is 1. The van der Waals surface area contributed by atoms with Gasteiger partial charge in [-0.3, -0.25) is 9.59 Å². The van der Waals surface area contributed by atoms with E-state index >= 15 is 0 Å². The van der Waals surface area contributed by atoms with Crippen molar-refractivity contribution in [1.29, 1.82) is 0 Å². The van der Waals surface area contributed by atoms with Gasteiger partial charge in [0.1, 0.15) is 0 Å². The van der Waals surface area contributed by atoms with Crippen LogP contribution in [0.1, 0.15) is 25.3 Å². The summed E-state index contributed by atoms with van der Waals surface area (Å²) in [4.78, 5) is 22.1. The topological polar surface area (TPSA) is 92.4 Å². The van der Waals surface area contributed by atoms with E-state index in [0.717, 1.165) is 5.56 Å². The summed E-state index contributed by atoms with van der Waals surface area (Å²) in [5.74, 6) is -1.08. The van der Waals surface area contributed by atoms with Crippen molar-refractivity contribution in [1.82, 2.24) is 5.32 Å². The maximum Gasteiger partial charge on any atom is 0.303 e. The van der Waals surface area contributed by atoms with Gasteiger partial charge in [-0.2, -0.15) is 0 Å². The highest BCUT2D eigenvalue weighted by atomic mass is 16.4. The molecular formula is C14H18N2O3. The maximum absolute atomic E-state index is 11.7. The Balaban J connectivity index is 2.53. The normalized spacial score (nSPS) is 11.1. The molecule has 4 N–H and O–H groups in total. The molecule has 102 valence electrons. The van der Waals surface area contributed by atoms with Gasteiger partial charge in [0.15, 0.2) is 0 Å². The highest BCUT2D eigenvalue weighted by molar-refractivity contribution is 5.97. The van der Waals surface area contributed by atoms with Crippen molar-refractivity contribution >= 4 is 23.6 Å². The number of amides is 1. The Labute approximate surface area is 112 Å². The van der Waals surface area contributed by atoms with Gasteiger partial charge < -0.3 is 16.2 Å². The summed E-state index contributed by atoms with van der Waals surface area (Å²) in [6, 6.07) is 7.27. The summed E-state index contributed by atoms with van der Waals surface area (Å²) in [7, 11) is 0. The number of benzene rings is 1. The van der Waals surface area contributed by atoms with Crippen LogP contribution in [0.25, 0.3) is 6.08 Å². The van der Waals surface area contributed by atoms with Gasteiger partial charge in [0.25, 0.3) is 0 Å². The molecule has 1 aromatic rings. The van der Waals surface area contributed by atoms with Crippen molar-refractivity contribution in [2.45, 2.75) is 19.8 Å². The lowest BCUT2D eigenvalue weighted by Gasteiger charge is -2.05. The number of rotatable bonds is 6. The molecule has 0 aliphatic carbocycles. The fourth-order valence-electron chi connectivity index (χ4n) is 1.52. The number of nitrogens with one attached hydrogen (secondary N) is 1. The van der Waals surface area contributed by atoms with Crippen molar-refractivity contribution in [2.24, 2.45) is 0 Å². The van der Waals surface area contributed by atoms with Crippen LogP contribution in [0.4, 0.5) is 5.69 Å². The van der Waals surface area contributed by atoms with Gasteiger partial charge in [-0.25, -0.2) is 0 Å². The molecule has 1 amide bonds. The Morgan fingerprint density at radius 1 is 1.37 bits per heavy atom. The molecule has 0 bridgehead atoms. The molecule has 0 atom stereocenters. The summed E-state index contributed by atoms with van der Waals surface area (Å²) in [5, 5.41) is 11.1. The molecule has 5 nitrogen and oxygen atoms in total. The molecule has 0 heterocycles. The van der Waals surface area contributed by atoms with E-state index < -0.39 is 5.97 Å². The molecule has 0 aromatic heterocycles. The summed E-state index contributed by atoms with van der Waals surface area (Å²) < 4.78 is 0. The van der Waals surface area contributed by atoms with Crippen LogP contribution in [-0.4, -0.2) is 23.5 Å². The van der Waals surface area contributed by atoms with E-state index in [4.69, 9.17) is 10.8 Å². The Morgan fingerprint density at radius 3 is 2.68 bits per heavy atom. The molecule has 5 heteroatoms. The molecule has 1 aromatic carbocycles. The first-order valence-electron chi connectivity index (χ1n) is 6.03. The van der Waals surface area contributed by atoms with Gasteiger partial charge in [-0.05, 0) is 31.1 Å². The lowest BCUT2D eigenvalue weighted by Crippen LogP contribution is -2.25. The zero-order valence-electron chi connectivity index (χ0n) is 10.8. The quantitative estimate of drug-likeness (QED) is 0.413. The molecule has 0 saturated heterocycles. The summed E-state index contributed by atoms with van der Waals surface area (Å²) >= 11 is 0. The minimum atomic E-state index is -0.862. The van der Waals surface area contributed by atoms with Gasteiger partial charge in [0, 0.05) is 24.2 Å². The number of hydrogen-bond donors (Lipinski definition) is 3. The summed E-state index contributed by atoms with van der Waals surface area (Å²) in [5.41, 5.74) is 7.72. The standard InChI is InChI=1S/C14H18N2O3/c1-10(9-11-5-2-3-6-12(11)15)14(19)16-8-4-7-13(17)18/h2-3,5-6,9H,4,7-8,15H2,1H3,(H,16,19)(H,17,18). The number of para-hydroxylation sites is 1. The van der Waals surface area contributed by atoms with Crippen molar-refractivity contribution in [3.63, 3.8) is 0 Å². The highest BCUT2D eigenvalue weighted by Gasteiger charge is 2.05. The number of nitrogens with two attached hydrogens (primary N) is 1. The van der Waals surface area contributed by atoms with Crippen LogP contribution < -0.4 is 11.1 Å². The van der Waals surface area contributed by atoms with Crippen molar-refractivity contribution in [3.8, 4) is 0 Å². The fourth-order valence-corrected chi connectivity index (χ4v) is 1.52. The molecule has 0 spiro atoms. The highest BCUT2D eigenvalue weighted by Crippen LogP contribution is 2.14. The van der Waals surface area contributed by atoms with Crippen molar-refractivity contribution < 1.29 is 14.7 Å². The number of carboxylic acids is 1. The molecule has 19 heavy (non-hydrogen) atoms. The first-order valence-corrected chi connectivity index (χ1v) is 6.03. The number of hydrogen-bond acceptors (Lipinski definition) is 3. The second kappa shape index (κ2) is 7.20. The summed E-state index contributed by atoms with van der Waals surface area (Å²) in [6.45, 7) is 2.04. The van der Waals surface area contributed by atoms with E-state index in [0.29, 0.717) is 24.2 Å². The number of carbonyl (C=O) groups excluding carboxylic acids is 1. The van der Waals surface area contributed by atoms with E-state index in [2.05, 4.69) is 5.32 Å². The summed E-state index contributed by atoms with van der Waals surface area (Å²) in [6.07, 6.45) is 2.18. The second-order valence-corrected chi connectivity index (χ2v) is 4.21. The van der Waals surface area contributed by atoms with Crippen molar-refractivity contribution in [2.75, 3.05) is 12.3 Å². The zero-order valence-corrected chi connectivity index (χ0v) is 10.8. The van der Waals surface area contributed by atoms with Crippen LogP contribution in [0.5, 0.6) is 0 Å². The molecule has 0 aliphatic rings. The van der Waals surface area contributed by atoms with Crippen molar-refractivity contribution in [3.05, 3.63) is 35.4 Å². The third kappa shape index (κ3) is 5.25. The van der Waals surface area contributed by atoms with Gasteiger partial charge in [-0.1, -0.05) is 18.2 Å². The smallest absolute Gasteiger partial charge is 0.303 e. The number of carbonyl (C=O) groups is 2. The first kappa shape index (κ1) is 14.8. The Hall–Kier alpha value is -2.30. The van der Waals surface area contributed by atoms with E-state index in [9.17, 15) is 9.59 Å². The third-order valence-electron chi connectivity index (χ3n) is 2.58. The molecule has 1 rings (SSSR count). The van der Waals surface area contributed by atoms with Crippen LogP contribution in [0, 0.1) is 0 Å². The molecule has 0 saturated carbocycles. The van der Waals surface area contributed by atoms with E-state index in [1.807, 2.05) is 18.2 Å². The molecule has 0 unspecified atom stereocenters. The van der Waals surface area contributed by atoms with Crippen LogP contribution in [0.2, 0.25) is 0 Å². The fraction of sp³-hybridized carbons (Fsp3) is 0.286. The van der Waals surface area contributed by atoms with Gasteiger partial charge in [-0.15, -0.1) is 0 Å². The lowest BCUT2D eigenvalue weighted by atomic mass is 10.1. The van der Waals surface area contributed by atoms with Crippen LogP contribution in [0.15, 0.2) is 29.8 Å². The molecule has 0 aliphatic heterocycles. The Kier molecular flexibility index (Phi) is 5.60. The minimum absolute atomic E-state index is 0.0503. The SMILES string of the molecule is CC(=Cc1ccccc1N)C(=O)NCCCC(=O)O. The lowest BCUT2D eigenvalue weighted by molar-refractivity contribution is -0.137. The first-order chi connectivity index (χ1) is 9.00. The average molecular weight is 262 g/mol. The zero-order chi connectivity index (χ0) is 14.3. The number of carboxylic acid groups (broad SMARTS) is 1. The van der Waals surface area contributed by atoms with Gasteiger partial charge in [0.2, 0.25) is 5.91 Å². The number of nitrogen functional groups attached to an aromatic ring is 1. The van der Waals surface area contributed by atoms with E-state index in [-0.39, 0.29) is 12.3 Å². The van der Waals surface area contributed by atoms with Crippen LogP contribution >= 0.6 is 0 Å².